The third-order valence-electron chi connectivity index (χ3n) is 3.92. The number of carbonyl (C=O) groups is 1. The lowest BCUT2D eigenvalue weighted by molar-refractivity contribution is -0.331. The monoisotopic (exact) mass is 383 g/mol. The summed E-state index contributed by atoms with van der Waals surface area (Å²) >= 11 is 12.3. The highest BCUT2D eigenvalue weighted by atomic mass is 35.5. The van der Waals surface area contributed by atoms with Gasteiger partial charge in [0.2, 0.25) is 0 Å². The molecule has 1 aromatic heterocycles. The number of nitrogens with zero attached hydrogens (tertiary/aromatic N) is 2. The second kappa shape index (κ2) is 6.28. The number of carboxylic acids is 1. The topological polar surface area (TPSA) is 58.0 Å². The van der Waals surface area contributed by atoms with Crippen molar-refractivity contribution in [3.8, 4) is 0 Å². The molecular formula is C17H11Cl2F2N2O2-. The van der Waals surface area contributed by atoms with Gasteiger partial charge in [-0.1, -0.05) is 41.4 Å². The summed E-state index contributed by atoms with van der Waals surface area (Å²) in [5.41, 5.74) is 0.882. The van der Waals surface area contributed by atoms with Crippen LogP contribution < -0.4 is 5.11 Å². The summed E-state index contributed by atoms with van der Waals surface area (Å²) in [7, 11) is 0. The number of rotatable bonds is 4. The second-order valence-corrected chi connectivity index (χ2v) is 6.35. The standard InChI is InChI=1S/C17H12Cl2F2N2O2/c1-9-11-6-5-10(17(20,21)16(24)25)7-15(11)23(22-9)8-12-13(18)3-2-4-14(12)19/h2-7H,8H2,1H3,(H,24,25)/p-1. The van der Waals surface area contributed by atoms with Crippen LogP contribution in [0.15, 0.2) is 36.4 Å². The van der Waals surface area contributed by atoms with E-state index in [9.17, 15) is 18.7 Å². The fourth-order valence-corrected chi connectivity index (χ4v) is 3.12. The zero-order chi connectivity index (χ0) is 18.4. The van der Waals surface area contributed by atoms with Crippen molar-refractivity contribution in [1.29, 1.82) is 0 Å². The van der Waals surface area contributed by atoms with E-state index in [4.69, 9.17) is 23.2 Å². The highest BCUT2D eigenvalue weighted by molar-refractivity contribution is 6.36. The lowest BCUT2D eigenvalue weighted by Gasteiger charge is -2.17. The molecule has 0 aliphatic carbocycles. The van der Waals surface area contributed by atoms with Crippen LogP contribution in [0.4, 0.5) is 8.78 Å². The van der Waals surface area contributed by atoms with E-state index in [1.165, 1.54) is 10.7 Å². The molecule has 0 radical (unpaired) electrons. The largest absolute Gasteiger partial charge is 0.544 e. The molecule has 0 atom stereocenters. The van der Waals surface area contributed by atoms with Crippen LogP contribution in [0.3, 0.4) is 0 Å². The van der Waals surface area contributed by atoms with Crippen LogP contribution in [-0.4, -0.2) is 15.7 Å². The van der Waals surface area contributed by atoms with Crippen molar-refractivity contribution < 1.29 is 18.7 Å². The molecule has 0 bridgehead atoms. The summed E-state index contributed by atoms with van der Waals surface area (Å²) in [5, 5.41) is 16.5. The van der Waals surface area contributed by atoms with Crippen molar-refractivity contribution >= 4 is 40.1 Å². The van der Waals surface area contributed by atoms with Crippen LogP contribution in [0, 0.1) is 6.92 Å². The normalized spacial score (nSPS) is 11.9. The maximum atomic E-state index is 13.8. The van der Waals surface area contributed by atoms with Crippen LogP contribution in [0.25, 0.3) is 10.9 Å². The molecule has 3 aromatic rings. The molecule has 8 heteroatoms. The average molecular weight is 384 g/mol. The Kier molecular flexibility index (Phi) is 4.43. The van der Waals surface area contributed by atoms with Crippen molar-refractivity contribution in [3.05, 3.63) is 63.3 Å². The van der Waals surface area contributed by atoms with Gasteiger partial charge in [0.1, 0.15) is 5.97 Å². The maximum Gasteiger partial charge on any atom is 0.312 e. The molecule has 130 valence electrons. The zero-order valence-electron chi connectivity index (χ0n) is 12.9. The summed E-state index contributed by atoms with van der Waals surface area (Å²) in [5.74, 6) is -6.55. The Balaban J connectivity index is 2.14. The predicted octanol–water partition coefficient (Wildman–Crippen LogP) is 3.54. The van der Waals surface area contributed by atoms with Gasteiger partial charge in [-0.2, -0.15) is 13.9 Å². The van der Waals surface area contributed by atoms with Gasteiger partial charge in [0.05, 0.1) is 17.8 Å². The van der Waals surface area contributed by atoms with Gasteiger partial charge >= 0.3 is 5.92 Å². The van der Waals surface area contributed by atoms with Crippen LogP contribution in [0.2, 0.25) is 10.0 Å². The number of aliphatic carboxylic acids is 1. The fraction of sp³-hybridized carbons (Fsp3) is 0.176. The molecule has 0 fully saturated rings. The number of halogens is 4. The molecule has 0 aliphatic rings. The van der Waals surface area contributed by atoms with E-state index < -0.39 is 17.5 Å². The predicted molar refractivity (Wildman–Crippen MR) is 88.9 cm³/mol. The highest BCUT2D eigenvalue weighted by Crippen LogP contribution is 2.32. The van der Waals surface area contributed by atoms with E-state index in [0.717, 1.165) is 12.1 Å². The van der Waals surface area contributed by atoms with Gasteiger partial charge in [-0.05, 0) is 25.1 Å². The quantitative estimate of drug-likeness (QED) is 0.692. The lowest BCUT2D eigenvalue weighted by Crippen LogP contribution is -2.39. The minimum absolute atomic E-state index is 0.156. The number of aromatic nitrogens is 2. The van der Waals surface area contributed by atoms with Gasteiger partial charge < -0.3 is 9.90 Å². The summed E-state index contributed by atoms with van der Waals surface area (Å²) in [6.07, 6.45) is 0. The maximum absolute atomic E-state index is 13.8. The molecule has 4 nitrogen and oxygen atoms in total. The third kappa shape index (κ3) is 3.07. The first-order valence-electron chi connectivity index (χ1n) is 7.21. The molecule has 25 heavy (non-hydrogen) atoms. The number of alkyl halides is 2. The van der Waals surface area contributed by atoms with Crippen molar-refractivity contribution in [2.75, 3.05) is 0 Å². The zero-order valence-corrected chi connectivity index (χ0v) is 14.4. The third-order valence-corrected chi connectivity index (χ3v) is 4.63. The minimum atomic E-state index is -4.10. The lowest BCUT2D eigenvalue weighted by atomic mass is 10.1. The second-order valence-electron chi connectivity index (χ2n) is 5.54. The van der Waals surface area contributed by atoms with Gasteiger partial charge in [-0.3, -0.25) is 4.68 Å². The van der Waals surface area contributed by atoms with Crippen LogP contribution in [0.5, 0.6) is 0 Å². The molecule has 0 saturated heterocycles. The molecule has 3 rings (SSSR count). The van der Waals surface area contributed by atoms with Crippen LogP contribution in [-0.2, 0) is 17.3 Å². The SMILES string of the molecule is Cc1nn(Cc2c(Cl)cccc2Cl)c2cc(C(F)(F)C(=O)[O-])ccc12. The number of carboxylic acid groups (broad SMARTS) is 1. The summed E-state index contributed by atoms with van der Waals surface area (Å²) in [4.78, 5) is 10.7. The van der Waals surface area contributed by atoms with E-state index in [0.29, 0.717) is 32.2 Å². The van der Waals surface area contributed by atoms with Gasteiger partial charge in [0.25, 0.3) is 0 Å². The van der Waals surface area contributed by atoms with Crippen LogP contribution in [0.1, 0.15) is 16.8 Å². The molecule has 0 N–H and O–H groups in total. The van der Waals surface area contributed by atoms with Crippen LogP contribution >= 0.6 is 23.2 Å². The Morgan fingerprint density at radius 1 is 1.24 bits per heavy atom. The molecule has 0 amide bonds. The smallest absolute Gasteiger partial charge is 0.312 e. The Hall–Kier alpha value is -2.18. The Bertz CT molecular complexity index is 966. The van der Waals surface area contributed by atoms with E-state index in [1.807, 2.05) is 0 Å². The van der Waals surface area contributed by atoms with Gasteiger partial charge in [0, 0.05) is 26.6 Å². The van der Waals surface area contributed by atoms with Gasteiger partial charge in [-0.25, -0.2) is 0 Å². The van der Waals surface area contributed by atoms with E-state index >= 15 is 0 Å². The number of fused-ring (bicyclic) bond motifs is 1. The average Bonchev–Trinajstić information content (AvgIpc) is 2.86. The van der Waals surface area contributed by atoms with Crippen molar-refractivity contribution in [1.82, 2.24) is 9.78 Å². The number of hydrogen-bond acceptors (Lipinski definition) is 3. The van der Waals surface area contributed by atoms with Crippen molar-refractivity contribution in [3.63, 3.8) is 0 Å². The molecule has 0 spiro atoms. The molecular weight excluding hydrogens is 373 g/mol. The Morgan fingerprint density at radius 2 is 1.88 bits per heavy atom. The first kappa shape index (κ1) is 17.6. The number of hydrogen-bond donors (Lipinski definition) is 0. The molecule has 1 heterocycles. The number of benzene rings is 2. The van der Waals surface area contributed by atoms with Crippen molar-refractivity contribution in [2.24, 2.45) is 0 Å². The number of carbonyl (C=O) groups excluding carboxylic acids is 1. The minimum Gasteiger partial charge on any atom is -0.544 e. The summed E-state index contributed by atoms with van der Waals surface area (Å²) < 4.78 is 29.0. The molecule has 0 unspecified atom stereocenters. The molecule has 2 aromatic carbocycles. The van der Waals surface area contributed by atoms with E-state index in [2.05, 4.69) is 5.10 Å². The Morgan fingerprint density at radius 3 is 2.48 bits per heavy atom. The van der Waals surface area contributed by atoms with Crippen molar-refractivity contribution in [2.45, 2.75) is 19.4 Å². The fourth-order valence-electron chi connectivity index (χ4n) is 2.61. The first-order chi connectivity index (χ1) is 11.7. The van der Waals surface area contributed by atoms with E-state index in [-0.39, 0.29) is 6.54 Å². The first-order valence-corrected chi connectivity index (χ1v) is 7.97. The van der Waals surface area contributed by atoms with Gasteiger partial charge in [0.15, 0.2) is 0 Å². The summed E-state index contributed by atoms with van der Waals surface area (Å²) in [6.45, 7) is 1.88. The number of aryl methyl sites for hydroxylation is 1. The Labute approximate surface area is 151 Å². The summed E-state index contributed by atoms with van der Waals surface area (Å²) in [6, 6.07) is 8.58. The highest BCUT2D eigenvalue weighted by Gasteiger charge is 2.34. The molecule has 0 saturated carbocycles. The van der Waals surface area contributed by atoms with Gasteiger partial charge in [-0.15, -0.1) is 0 Å². The molecule has 0 aliphatic heterocycles. The van der Waals surface area contributed by atoms with E-state index in [1.54, 1.807) is 25.1 Å².